The van der Waals surface area contributed by atoms with Crippen LogP contribution in [0.3, 0.4) is 0 Å². The smallest absolute Gasteiger partial charge is 0.326 e. The molecule has 1 aromatic carbocycles. The number of aromatic hydroxyl groups is 1. The van der Waals surface area contributed by atoms with Gasteiger partial charge in [0.1, 0.15) is 30.8 Å². The van der Waals surface area contributed by atoms with Crippen molar-refractivity contribution in [2.75, 3.05) is 72.5 Å². The topological polar surface area (TPSA) is 320 Å². The third kappa shape index (κ3) is 39.4. The molecule has 2 radical (unpaired) electrons. The molecule has 0 aromatic heterocycles. The van der Waals surface area contributed by atoms with E-state index in [1.807, 2.05) is 0 Å². The van der Waals surface area contributed by atoms with Crippen molar-refractivity contribution in [3.05, 3.63) is 36.9 Å². The number of carbonyl (C=O) groups excluding carboxylic acids is 6. The molecule has 0 heterocycles. The molecule has 3 atom stereocenters. The monoisotopic (exact) mass is 1050 g/mol. The maximum Gasteiger partial charge on any atom is 0.326 e. The number of hydrogen-bond acceptors (Lipinski definition) is 15. The van der Waals surface area contributed by atoms with Crippen LogP contribution in [0.15, 0.2) is 24.3 Å². The van der Waals surface area contributed by atoms with Crippen molar-refractivity contribution in [1.29, 1.82) is 0 Å². The summed E-state index contributed by atoms with van der Waals surface area (Å²) in [6.45, 7) is 1.45. The molecule has 0 spiro atoms. The number of phenols is 1. The number of rotatable bonds is 52. The Kier molecular flexibility index (Phi) is 41.0. The van der Waals surface area contributed by atoms with E-state index >= 15 is 0 Å². The molecule has 0 aliphatic rings. The molecule has 1 aromatic rings. The molecule has 0 fully saturated rings. The highest BCUT2D eigenvalue weighted by Gasteiger charge is 2.22. The predicted octanol–water partition coefficient (Wildman–Crippen LogP) is 4.07. The number of hydrogen-bond donors (Lipinski definition) is 9. The van der Waals surface area contributed by atoms with Crippen LogP contribution < -0.4 is 32.3 Å². The lowest BCUT2D eigenvalue weighted by Gasteiger charge is -2.19. The lowest BCUT2D eigenvalue weighted by atomic mass is 10.0. The van der Waals surface area contributed by atoms with Crippen molar-refractivity contribution in [3.8, 4) is 5.75 Å². The number of nitrogens with two attached hydrogens (primary N) is 1. The van der Waals surface area contributed by atoms with Crippen molar-refractivity contribution in [2.24, 2.45) is 5.73 Å². The first kappa shape index (κ1) is 67.0. The molecule has 1 unspecified atom stereocenters. The molecule has 1 rings (SSSR count). The van der Waals surface area contributed by atoms with Gasteiger partial charge in [-0.2, -0.15) is 0 Å². The Balaban J connectivity index is 1.95. The number of phenolic OH excluding ortho intramolecular Hbond substituents is 1. The lowest BCUT2D eigenvalue weighted by molar-refractivity contribution is -0.142. The molecule has 21 heteroatoms. The number of carboxylic acid groups (broad SMARTS) is 2. The normalized spacial score (nSPS) is 12.4. The van der Waals surface area contributed by atoms with E-state index in [9.17, 15) is 48.6 Å². The first-order valence-corrected chi connectivity index (χ1v) is 26.6. The van der Waals surface area contributed by atoms with Crippen LogP contribution in [-0.2, 0) is 63.7 Å². The van der Waals surface area contributed by atoms with E-state index in [1.54, 1.807) is 12.1 Å². The van der Waals surface area contributed by atoms with Crippen LogP contribution in [-0.4, -0.2) is 153 Å². The zero-order chi connectivity index (χ0) is 54.4. The standard InChI is InChI=1S/C53H88N6O15/c1-55-44(47(62)38-58-46(52(54)68)37-41-23-25-43(61)26-24-41)20-16-17-29-56-49(64)39-74-36-34-72-32-30-57-50(65)40-73-35-33-71-31-18-19-42(60)27-28-45(53(69)70)59-48(63)21-14-12-10-8-6-4-2-3-5-7-9-11-13-15-22-51(66)67/h1,23-26,44-46,55,58,61H,2-22,27-40H2,(H2,54,68)(H,56,64)(H,57,65)(H,59,63)(H,66,67)(H,69,70)/t44-,45?,46-/m0/s1. The van der Waals surface area contributed by atoms with E-state index in [4.69, 9.17) is 36.8 Å². The average molecular weight is 1050 g/mol. The van der Waals surface area contributed by atoms with Crippen LogP contribution in [0.5, 0.6) is 5.75 Å². The highest BCUT2D eigenvalue weighted by molar-refractivity contribution is 5.87. The van der Waals surface area contributed by atoms with Crippen molar-refractivity contribution >= 4 is 47.1 Å². The van der Waals surface area contributed by atoms with Gasteiger partial charge in [0.05, 0.1) is 51.7 Å². The number of nitrogens with one attached hydrogen (secondary N) is 5. The molecule has 0 bridgehead atoms. The van der Waals surface area contributed by atoms with Crippen LogP contribution in [0.4, 0.5) is 0 Å². The first-order valence-electron chi connectivity index (χ1n) is 26.6. The second-order valence-corrected chi connectivity index (χ2v) is 18.4. The van der Waals surface area contributed by atoms with E-state index in [0.717, 1.165) is 50.5 Å². The highest BCUT2D eigenvalue weighted by atomic mass is 16.5. The van der Waals surface area contributed by atoms with Crippen molar-refractivity contribution in [1.82, 2.24) is 26.6 Å². The summed E-state index contributed by atoms with van der Waals surface area (Å²) in [5.74, 6) is -3.72. The van der Waals surface area contributed by atoms with Gasteiger partial charge in [-0.1, -0.05) is 89.2 Å². The van der Waals surface area contributed by atoms with Gasteiger partial charge in [-0.15, -0.1) is 0 Å². The van der Waals surface area contributed by atoms with Gasteiger partial charge in [-0.05, 0) is 69.1 Å². The average Bonchev–Trinajstić information content (AvgIpc) is 3.36. The number of carbonyl (C=O) groups is 8. The number of benzene rings is 1. The van der Waals surface area contributed by atoms with Crippen LogP contribution in [0.2, 0.25) is 0 Å². The van der Waals surface area contributed by atoms with E-state index in [-0.39, 0.29) is 133 Å². The summed E-state index contributed by atoms with van der Waals surface area (Å²) in [4.78, 5) is 95.7. The number of ketones is 2. The second kappa shape index (κ2) is 45.3. The van der Waals surface area contributed by atoms with Gasteiger partial charge in [0, 0.05) is 52.4 Å². The number of primary amides is 1. The summed E-state index contributed by atoms with van der Waals surface area (Å²) < 4.78 is 21.5. The van der Waals surface area contributed by atoms with Gasteiger partial charge in [0.15, 0.2) is 5.78 Å². The van der Waals surface area contributed by atoms with Crippen LogP contribution in [0.25, 0.3) is 0 Å². The minimum atomic E-state index is -1.17. The first-order chi connectivity index (χ1) is 35.7. The van der Waals surface area contributed by atoms with E-state index in [0.29, 0.717) is 45.3 Å². The molecule has 0 saturated carbocycles. The number of unbranched alkanes of at least 4 members (excludes halogenated alkanes) is 14. The summed E-state index contributed by atoms with van der Waals surface area (Å²) in [6.07, 6.45) is 18.1. The van der Waals surface area contributed by atoms with Gasteiger partial charge in [-0.3, -0.25) is 38.9 Å². The Bertz CT molecular complexity index is 1720. The van der Waals surface area contributed by atoms with Gasteiger partial charge in [0.25, 0.3) is 0 Å². The number of carboxylic acids is 2. The summed E-state index contributed by atoms with van der Waals surface area (Å²) in [6, 6.07) is 3.77. The zero-order valence-corrected chi connectivity index (χ0v) is 43.7. The zero-order valence-electron chi connectivity index (χ0n) is 43.7. The quantitative estimate of drug-likeness (QED) is 0.0328. The SMILES string of the molecule is [CH]N[C@@H](CCCCNC(=O)COCCOCCNC(=O)COCCOCCCC(=O)CCC(NC(=O)CCCCCCCCCCCCCCCCC(=O)O)C(=O)O)C(=O)CN[C@@H](Cc1ccc(O)cc1)C(N)=O. The van der Waals surface area contributed by atoms with Gasteiger partial charge in [0.2, 0.25) is 23.6 Å². The number of Topliss-reactive ketones (excluding diaryl/α,β-unsaturated/α-hetero) is 2. The predicted molar refractivity (Wildman–Crippen MR) is 277 cm³/mol. The van der Waals surface area contributed by atoms with Crippen molar-refractivity contribution < 1.29 is 72.6 Å². The minimum Gasteiger partial charge on any atom is -0.508 e. The molecule has 10 N–H and O–H groups in total. The van der Waals surface area contributed by atoms with Crippen LogP contribution in [0, 0.1) is 7.05 Å². The van der Waals surface area contributed by atoms with Gasteiger partial charge >= 0.3 is 11.9 Å². The van der Waals surface area contributed by atoms with Crippen molar-refractivity contribution in [2.45, 2.75) is 172 Å². The molecule has 74 heavy (non-hydrogen) atoms. The Morgan fingerprint density at radius 3 is 1.59 bits per heavy atom. The molecular weight excluding hydrogens is 961 g/mol. The van der Waals surface area contributed by atoms with E-state index < -0.39 is 36.0 Å². The van der Waals surface area contributed by atoms with E-state index in [1.165, 1.54) is 50.7 Å². The fourth-order valence-corrected chi connectivity index (χ4v) is 7.67. The maximum atomic E-state index is 12.7. The van der Waals surface area contributed by atoms with E-state index in [2.05, 4.69) is 26.6 Å². The Morgan fingerprint density at radius 2 is 1.05 bits per heavy atom. The summed E-state index contributed by atoms with van der Waals surface area (Å²) >= 11 is 0. The second-order valence-electron chi connectivity index (χ2n) is 18.4. The fraction of sp³-hybridized carbons (Fsp3) is 0.717. The third-order valence-corrected chi connectivity index (χ3v) is 12.0. The Labute approximate surface area is 438 Å². The maximum absolute atomic E-state index is 12.7. The number of ether oxygens (including phenoxy) is 4. The lowest BCUT2D eigenvalue weighted by Crippen LogP contribution is -2.48. The van der Waals surface area contributed by atoms with Crippen LogP contribution in [0.1, 0.15) is 153 Å². The summed E-state index contributed by atoms with van der Waals surface area (Å²) in [5, 5.41) is 41.0. The molecule has 0 saturated heterocycles. The minimum absolute atomic E-state index is 0.0212. The largest absolute Gasteiger partial charge is 0.508 e. The van der Waals surface area contributed by atoms with Gasteiger partial charge in [-0.25, -0.2) is 4.79 Å². The third-order valence-electron chi connectivity index (χ3n) is 12.0. The highest BCUT2D eigenvalue weighted by Crippen LogP contribution is 2.15. The van der Waals surface area contributed by atoms with Gasteiger partial charge < -0.3 is 61.3 Å². The van der Waals surface area contributed by atoms with Crippen molar-refractivity contribution in [3.63, 3.8) is 0 Å². The molecule has 4 amide bonds. The molecule has 21 nitrogen and oxygen atoms in total. The molecule has 420 valence electrons. The molecule has 0 aliphatic carbocycles. The fourth-order valence-electron chi connectivity index (χ4n) is 7.67. The Hall–Kier alpha value is -5.06. The summed E-state index contributed by atoms with van der Waals surface area (Å²) in [7, 11) is 5.59. The summed E-state index contributed by atoms with van der Waals surface area (Å²) in [5.41, 5.74) is 6.26. The number of aliphatic carboxylic acids is 2. The molecular formula is C53H88N6O15. The number of amides is 4. The Morgan fingerprint density at radius 1 is 0.527 bits per heavy atom. The molecule has 0 aliphatic heterocycles. The van der Waals surface area contributed by atoms with Crippen LogP contribution >= 0.6 is 0 Å².